The standard InChI is InChI=1S/C10H14NO2/c1-12-9-4-3-8(5-6-11)7-10(9)13-2/h3-4,6-7H,5,11H2,1-2H3. The Morgan fingerprint density at radius 3 is 2.46 bits per heavy atom. The van der Waals surface area contributed by atoms with Crippen molar-refractivity contribution in [2.24, 2.45) is 5.73 Å². The molecule has 0 fully saturated rings. The topological polar surface area (TPSA) is 44.5 Å². The minimum Gasteiger partial charge on any atom is -0.493 e. The van der Waals surface area contributed by atoms with Crippen LogP contribution in [0.15, 0.2) is 18.2 Å². The fourth-order valence-electron chi connectivity index (χ4n) is 1.14. The first kappa shape index (κ1) is 9.86. The summed E-state index contributed by atoms with van der Waals surface area (Å²) < 4.78 is 10.2. The Morgan fingerprint density at radius 1 is 1.23 bits per heavy atom. The molecule has 0 aliphatic rings. The Balaban J connectivity index is 2.91. The highest BCUT2D eigenvalue weighted by atomic mass is 16.5. The minimum absolute atomic E-state index is 0.736. The average molecular weight is 180 g/mol. The first-order valence-corrected chi connectivity index (χ1v) is 4.06. The van der Waals surface area contributed by atoms with Gasteiger partial charge in [-0.1, -0.05) is 6.07 Å². The summed E-state index contributed by atoms with van der Waals surface area (Å²) in [6.45, 7) is 1.61. The van der Waals surface area contributed by atoms with E-state index in [1.807, 2.05) is 18.2 Å². The summed E-state index contributed by atoms with van der Waals surface area (Å²) in [5.41, 5.74) is 6.44. The molecule has 0 amide bonds. The van der Waals surface area contributed by atoms with Gasteiger partial charge in [-0.15, -0.1) is 0 Å². The van der Waals surface area contributed by atoms with Crippen LogP contribution in [0, 0.1) is 6.54 Å². The summed E-state index contributed by atoms with van der Waals surface area (Å²) >= 11 is 0. The van der Waals surface area contributed by atoms with Crippen molar-refractivity contribution < 1.29 is 9.47 Å². The number of hydrogen-bond donors (Lipinski definition) is 1. The van der Waals surface area contributed by atoms with E-state index in [4.69, 9.17) is 15.2 Å². The van der Waals surface area contributed by atoms with E-state index in [9.17, 15) is 0 Å². The quantitative estimate of drug-likeness (QED) is 0.761. The van der Waals surface area contributed by atoms with E-state index in [0.717, 1.165) is 23.5 Å². The summed E-state index contributed by atoms with van der Waals surface area (Å²) in [6, 6.07) is 5.75. The normalized spacial score (nSPS) is 9.77. The first-order chi connectivity index (χ1) is 6.31. The largest absolute Gasteiger partial charge is 0.493 e. The Labute approximate surface area is 78.5 Å². The zero-order valence-corrected chi connectivity index (χ0v) is 7.91. The lowest BCUT2D eigenvalue weighted by Gasteiger charge is -2.08. The second kappa shape index (κ2) is 4.72. The molecule has 13 heavy (non-hydrogen) atoms. The molecule has 1 rings (SSSR count). The second-order valence-corrected chi connectivity index (χ2v) is 2.63. The van der Waals surface area contributed by atoms with Gasteiger partial charge < -0.3 is 15.2 Å². The molecule has 0 atom stereocenters. The third-order valence-electron chi connectivity index (χ3n) is 1.80. The molecule has 0 spiro atoms. The van der Waals surface area contributed by atoms with E-state index < -0.39 is 0 Å². The maximum absolute atomic E-state index is 5.33. The molecule has 1 aromatic carbocycles. The molecule has 0 aliphatic carbocycles. The van der Waals surface area contributed by atoms with Crippen LogP contribution in [0.2, 0.25) is 0 Å². The van der Waals surface area contributed by atoms with Crippen LogP contribution in [-0.4, -0.2) is 14.2 Å². The zero-order valence-electron chi connectivity index (χ0n) is 7.91. The third-order valence-corrected chi connectivity index (χ3v) is 1.80. The Morgan fingerprint density at radius 2 is 1.92 bits per heavy atom. The van der Waals surface area contributed by atoms with Crippen LogP contribution in [0.25, 0.3) is 0 Å². The van der Waals surface area contributed by atoms with Crippen molar-refractivity contribution in [1.29, 1.82) is 0 Å². The lowest BCUT2D eigenvalue weighted by Crippen LogP contribution is -1.97. The highest BCUT2D eigenvalue weighted by Gasteiger charge is 2.03. The molecular weight excluding hydrogens is 166 g/mol. The highest BCUT2D eigenvalue weighted by molar-refractivity contribution is 5.43. The number of methoxy groups -OCH3 is 2. The summed E-state index contributed by atoms with van der Waals surface area (Å²) in [6.07, 6.45) is 0.736. The molecule has 1 radical (unpaired) electrons. The highest BCUT2D eigenvalue weighted by Crippen LogP contribution is 2.27. The number of ether oxygens (including phenoxy) is 2. The van der Waals surface area contributed by atoms with Crippen LogP contribution < -0.4 is 15.2 Å². The van der Waals surface area contributed by atoms with Gasteiger partial charge in [-0.25, -0.2) is 0 Å². The predicted octanol–water partition coefficient (Wildman–Crippen LogP) is 1.37. The van der Waals surface area contributed by atoms with Gasteiger partial charge >= 0.3 is 0 Å². The minimum atomic E-state index is 0.736. The van der Waals surface area contributed by atoms with Gasteiger partial charge in [-0.05, 0) is 24.1 Å². The Kier molecular flexibility index (Phi) is 3.58. The molecule has 0 saturated heterocycles. The summed E-state index contributed by atoms with van der Waals surface area (Å²) in [4.78, 5) is 0. The lowest BCUT2D eigenvalue weighted by molar-refractivity contribution is 0.354. The molecule has 3 nitrogen and oxygen atoms in total. The number of benzene rings is 1. The summed E-state index contributed by atoms with van der Waals surface area (Å²) in [5.74, 6) is 1.48. The number of rotatable bonds is 4. The smallest absolute Gasteiger partial charge is 0.160 e. The molecule has 0 aromatic heterocycles. The van der Waals surface area contributed by atoms with Gasteiger partial charge in [-0.3, -0.25) is 0 Å². The molecule has 0 unspecified atom stereocenters. The molecule has 1 aromatic rings. The molecular formula is C10H14NO2. The van der Waals surface area contributed by atoms with Gasteiger partial charge in [0.1, 0.15) is 0 Å². The molecule has 3 heteroatoms. The van der Waals surface area contributed by atoms with Crippen LogP contribution in [0.3, 0.4) is 0 Å². The van der Waals surface area contributed by atoms with E-state index in [2.05, 4.69) is 0 Å². The number of nitrogens with two attached hydrogens (primary N) is 1. The lowest BCUT2D eigenvalue weighted by atomic mass is 10.1. The van der Waals surface area contributed by atoms with Gasteiger partial charge in [0.05, 0.1) is 14.2 Å². The van der Waals surface area contributed by atoms with Crippen molar-refractivity contribution in [3.05, 3.63) is 30.3 Å². The van der Waals surface area contributed by atoms with Crippen LogP contribution >= 0.6 is 0 Å². The van der Waals surface area contributed by atoms with E-state index in [1.54, 1.807) is 20.8 Å². The fourth-order valence-corrected chi connectivity index (χ4v) is 1.14. The van der Waals surface area contributed by atoms with Gasteiger partial charge in [-0.2, -0.15) is 0 Å². The number of hydrogen-bond acceptors (Lipinski definition) is 3. The van der Waals surface area contributed by atoms with Crippen molar-refractivity contribution in [3.63, 3.8) is 0 Å². The summed E-state index contributed by atoms with van der Waals surface area (Å²) in [5, 5.41) is 0. The monoisotopic (exact) mass is 180 g/mol. The SMILES string of the molecule is COc1ccc(C[CH]N)cc1OC. The second-order valence-electron chi connectivity index (χ2n) is 2.63. The van der Waals surface area contributed by atoms with Crippen molar-refractivity contribution in [2.75, 3.05) is 14.2 Å². The predicted molar refractivity (Wildman–Crippen MR) is 51.7 cm³/mol. The Bertz CT molecular complexity index is 274. The Hall–Kier alpha value is -1.22. The van der Waals surface area contributed by atoms with Gasteiger partial charge in [0, 0.05) is 6.54 Å². The fraction of sp³-hybridized carbons (Fsp3) is 0.300. The molecule has 0 aliphatic heterocycles. The van der Waals surface area contributed by atoms with E-state index in [1.165, 1.54) is 0 Å². The third kappa shape index (κ3) is 2.36. The van der Waals surface area contributed by atoms with Crippen molar-refractivity contribution in [2.45, 2.75) is 6.42 Å². The van der Waals surface area contributed by atoms with E-state index >= 15 is 0 Å². The van der Waals surface area contributed by atoms with Crippen LogP contribution in [0.1, 0.15) is 5.56 Å². The van der Waals surface area contributed by atoms with Crippen LogP contribution in [-0.2, 0) is 6.42 Å². The average Bonchev–Trinajstić information content (AvgIpc) is 2.18. The molecule has 0 heterocycles. The van der Waals surface area contributed by atoms with Crippen molar-refractivity contribution in [3.8, 4) is 11.5 Å². The van der Waals surface area contributed by atoms with Gasteiger partial charge in [0.15, 0.2) is 11.5 Å². The summed E-state index contributed by atoms with van der Waals surface area (Å²) in [7, 11) is 3.24. The first-order valence-electron chi connectivity index (χ1n) is 4.06. The molecule has 71 valence electrons. The molecule has 0 bridgehead atoms. The molecule has 2 N–H and O–H groups in total. The van der Waals surface area contributed by atoms with Gasteiger partial charge in [0.25, 0.3) is 0 Å². The van der Waals surface area contributed by atoms with Crippen molar-refractivity contribution >= 4 is 0 Å². The molecule has 0 saturated carbocycles. The zero-order chi connectivity index (χ0) is 9.68. The van der Waals surface area contributed by atoms with Crippen LogP contribution in [0.5, 0.6) is 11.5 Å². The van der Waals surface area contributed by atoms with E-state index in [-0.39, 0.29) is 0 Å². The maximum atomic E-state index is 5.33. The van der Waals surface area contributed by atoms with Crippen molar-refractivity contribution in [1.82, 2.24) is 0 Å². The van der Waals surface area contributed by atoms with Crippen LogP contribution in [0.4, 0.5) is 0 Å². The maximum Gasteiger partial charge on any atom is 0.160 e. The van der Waals surface area contributed by atoms with Gasteiger partial charge in [0.2, 0.25) is 0 Å². The van der Waals surface area contributed by atoms with E-state index in [0.29, 0.717) is 0 Å².